The third kappa shape index (κ3) is 6.84. The number of hydrazone groups is 1. The van der Waals surface area contributed by atoms with E-state index in [0.717, 1.165) is 6.42 Å². The van der Waals surface area contributed by atoms with Crippen LogP contribution in [0.3, 0.4) is 0 Å². The van der Waals surface area contributed by atoms with Crippen molar-refractivity contribution in [2.45, 2.75) is 46.6 Å². The van der Waals surface area contributed by atoms with Gasteiger partial charge >= 0.3 is 5.97 Å². The van der Waals surface area contributed by atoms with Crippen LogP contribution in [-0.2, 0) is 14.3 Å². The summed E-state index contributed by atoms with van der Waals surface area (Å²) in [6.45, 7) is 7.25. The van der Waals surface area contributed by atoms with E-state index in [4.69, 9.17) is 32.7 Å². The van der Waals surface area contributed by atoms with Gasteiger partial charge in [-0.3, -0.25) is 9.59 Å². The highest BCUT2D eigenvalue weighted by Gasteiger charge is 2.23. The lowest BCUT2D eigenvalue weighted by Gasteiger charge is -2.16. The van der Waals surface area contributed by atoms with Crippen molar-refractivity contribution in [1.82, 2.24) is 5.43 Å². The quantitative estimate of drug-likeness (QED) is 0.380. The van der Waals surface area contributed by atoms with Crippen LogP contribution < -0.4 is 10.2 Å². The molecule has 1 aromatic carbocycles. The van der Waals surface area contributed by atoms with E-state index in [0.29, 0.717) is 34.5 Å². The van der Waals surface area contributed by atoms with Gasteiger partial charge in [-0.05, 0) is 45.4 Å². The predicted molar refractivity (Wildman–Crippen MR) is 103 cm³/mol. The van der Waals surface area contributed by atoms with E-state index in [1.165, 1.54) is 6.07 Å². The summed E-state index contributed by atoms with van der Waals surface area (Å²) in [4.78, 5) is 24.2. The lowest BCUT2D eigenvalue weighted by atomic mass is 9.99. The number of hydrogen-bond donors (Lipinski definition) is 1. The summed E-state index contributed by atoms with van der Waals surface area (Å²) in [7, 11) is 0. The Kier molecular flexibility index (Phi) is 9.44. The smallest absolute Gasteiger partial charge is 0.314 e. The molecule has 0 heterocycles. The van der Waals surface area contributed by atoms with E-state index < -0.39 is 17.9 Å². The first-order valence-corrected chi connectivity index (χ1v) is 9.18. The van der Waals surface area contributed by atoms with Crippen molar-refractivity contribution in [3.05, 3.63) is 28.2 Å². The van der Waals surface area contributed by atoms with Crippen LogP contribution in [0.15, 0.2) is 23.3 Å². The van der Waals surface area contributed by atoms with Gasteiger partial charge in [-0.2, -0.15) is 5.10 Å². The van der Waals surface area contributed by atoms with E-state index >= 15 is 0 Å². The van der Waals surface area contributed by atoms with Gasteiger partial charge in [0.15, 0.2) is 6.10 Å². The lowest BCUT2D eigenvalue weighted by Crippen LogP contribution is -2.35. The van der Waals surface area contributed by atoms with Gasteiger partial charge in [0.1, 0.15) is 5.75 Å². The van der Waals surface area contributed by atoms with E-state index in [2.05, 4.69) is 10.5 Å². The Morgan fingerprint density at radius 1 is 1.27 bits per heavy atom. The zero-order valence-corrected chi connectivity index (χ0v) is 16.9. The molecule has 0 aliphatic heterocycles. The average Bonchev–Trinajstić information content (AvgIpc) is 2.59. The Morgan fingerprint density at radius 2 is 1.96 bits per heavy atom. The monoisotopic (exact) mass is 402 g/mol. The van der Waals surface area contributed by atoms with Gasteiger partial charge in [-0.25, -0.2) is 5.43 Å². The maximum atomic E-state index is 12.2. The van der Waals surface area contributed by atoms with Crippen LogP contribution in [0.1, 0.15) is 40.5 Å². The predicted octanol–water partition coefficient (Wildman–Crippen LogP) is 4.23. The summed E-state index contributed by atoms with van der Waals surface area (Å²) in [6.07, 6.45) is 0.549. The molecular formula is C18H24Cl2N2O4. The molecule has 1 N–H and O–H groups in total. The topological polar surface area (TPSA) is 77.0 Å². The summed E-state index contributed by atoms with van der Waals surface area (Å²) in [5.41, 5.74) is 2.90. The number of halogens is 2. The van der Waals surface area contributed by atoms with Crippen molar-refractivity contribution in [3.8, 4) is 5.75 Å². The number of ether oxygens (including phenoxy) is 2. The van der Waals surface area contributed by atoms with E-state index in [1.807, 2.05) is 6.92 Å². The minimum atomic E-state index is -0.836. The molecule has 144 valence electrons. The molecule has 0 unspecified atom stereocenters. The average molecular weight is 403 g/mol. The molecule has 0 saturated carbocycles. The molecule has 8 heteroatoms. The van der Waals surface area contributed by atoms with E-state index in [1.54, 1.807) is 32.9 Å². The summed E-state index contributed by atoms with van der Waals surface area (Å²) in [5.74, 6) is -0.950. The number of rotatable bonds is 9. The molecule has 1 rings (SSSR count). The van der Waals surface area contributed by atoms with Crippen LogP contribution in [0.5, 0.6) is 5.75 Å². The second-order valence-corrected chi connectivity index (χ2v) is 6.50. The zero-order valence-electron chi connectivity index (χ0n) is 15.3. The van der Waals surface area contributed by atoms with E-state index in [9.17, 15) is 9.59 Å². The first-order valence-electron chi connectivity index (χ1n) is 8.42. The summed E-state index contributed by atoms with van der Waals surface area (Å²) < 4.78 is 10.6. The number of hydrogen-bond acceptors (Lipinski definition) is 5. The molecule has 0 aliphatic carbocycles. The van der Waals surface area contributed by atoms with Crippen LogP contribution in [0.25, 0.3) is 0 Å². The van der Waals surface area contributed by atoms with Gasteiger partial charge in [-0.1, -0.05) is 36.5 Å². The highest BCUT2D eigenvalue weighted by molar-refractivity contribution is 6.35. The number of esters is 1. The van der Waals surface area contributed by atoms with Crippen molar-refractivity contribution in [2.75, 3.05) is 6.61 Å². The van der Waals surface area contributed by atoms with Crippen LogP contribution in [-0.4, -0.2) is 30.3 Å². The van der Waals surface area contributed by atoms with Crippen molar-refractivity contribution in [3.63, 3.8) is 0 Å². The Labute approximate surface area is 163 Å². The molecule has 1 amide bonds. The number of nitrogens with one attached hydrogen (secondary N) is 1. The van der Waals surface area contributed by atoms with Crippen molar-refractivity contribution >= 4 is 40.8 Å². The second kappa shape index (κ2) is 11.0. The molecule has 6 nitrogen and oxygen atoms in total. The second-order valence-electron chi connectivity index (χ2n) is 5.66. The Hall–Kier alpha value is -1.79. The van der Waals surface area contributed by atoms with Gasteiger partial charge < -0.3 is 9.47 Å². The number of carbonyl (C=O) groups is 2. The molecule has 26 heavy (non-hydrogen) atoms. The summed E-state index contributed by atoms with van der Waals surface area (Å²) in [6, 6.07) is 4.73. The maximum absolute atomic E-state index is 12.2. The number of amides is 1. The van der Waals surface area contributed by atoms with Crippen LogP contribution >= 0.6 is 23.2 Å². The highest BCUT2D eigenvalue weighted by Crippen LogP contribution is 2.28. The van der Waals surface area contributed by atoms with Crippen molar-refractivity contribution in [1.29, 1.82) is 0 Å². The number of nitrogens with zero attached hydrogens (tertiary/aromatic N) is 1. The first-order chi connectivity index (χ1) is 12.3. The largest absolute Gasteiger partial charge is 0.479 e. The van der Waals surface area contributed by atoms with Crippen LogP contribution in [0, 0.1) is 5.92 Å². The molecule has 0 aromatic heterocycles. The van der Waals surface area contributed by atoms with Gasteiger partial charge in [0.05, 0.1) is 17.5 Å². The lowest BCUT2D eigenvalue weighted by molar-refractivity contribution is -0.145. The number of carbonyl (C=O) groups excluding carboxylic acids is 2. The number of benzene rings is 1. The van der Waals surface area contributed by atoms with Crippen molar-refractivity contribution in [2.24, 2.45) is 11.0 Å². The third-order valence-electron chi connectivity index (χ3n) is 3.56. The molecule has 0 radical (unpaired) electrons. The molecule has 1 aromatic rings. The van der Waals surface area contributed by atoms with Gasteiger partial charge in [0.25, 0.3) is 5.91 Å². The first kappa shape index (κ1) is 22.3. The van der Waals surface area contributed by atoms with Crippen LogP contribution in [0.4, 0.5) is 0 Å². The Morgan fingerprint density at radius 3 is 2.54 bits per heavy atom. The molecule has 2 atom stereocenters. The Balaban J connectivity index is 2.71. The molecule has 0 bridgehead atoms. The standard InChI is InChI=1S/C18H24Cl2N2O4/c1-5-7-14(18(24)25-6-2)11(3)21-22-17(23)12(4)26-16-9-8-13(19)10-15(16)20/h8-10,12,14H,5-7H2,1-4H3,(H,22,23)/b21-11+/t12-,14+/m0/s1. The molecule has 0 aliphatic rings. The zero-order chi connectivity index (χ0) is 19.7. The minimum absolute atomic E-state index is 0.297. The van der Waals surface area contributed by atoms with Gasteiger partial charge in [-0.15, -0.1) is 0 Å². The summed E-state index contributed by atoms with van der Waals surface area (Å²) in [5, 5.41) is 4.81. The van der Waals surface area contributed by atoms with Gasteiger partial charge in [0, 0.05) is 10.7 Å². The fourth-order valence-corrected chi connectivity index (χ4v) is 2.61. The SMILES string of the molecule is CCC[C@@H](C(=O)OCC)/C(C)=N/NC(=O)[C@H](C)Oc1ccc(Cl)cc1Cl. The van der Waals surface area contributed by atoms with Crippen molar-refractivity contribution < 1.29 is 19.1 Å². The summed E-state index contributed by atoms with van der Waals surface area (Å²) >= 11 is 11.9. The molecule has 0 spiro atoms. The van der Waals surface area contributed by atoms with Crippen LogP contribution in [0.2, 0.25) is 10.0 Å². The normalized spacial score (nSPS) is 13.7. The highest BCUT2D eigenvalue weighted by atomic mass is 35.5. The fourth-order valence-electron chi connectivity index (χ4n) is 2.16. The Bertz CT molecular complexity index is 665. The maximum Gasteiger partial charge on any atom is 0.314 e. The molecule has 0 saturated heterocycles. The third-order valence-corrected chi connectivity index (χ3v) is 4.09. The fraction of sp³-hybridized carbons (Fsp3) is 0.500. The van der Waals surface area contributed by atoms with E-state index in [-0.39, 0.29) is 5.97 Å². The minimum Gasteiger partial charge on any atom is -0.479 e. The molecular weight excluding hydrogens is 379 g/mol. The molecule has 0 fully saturated rings. The van der Waals surface area contributed by atoms with Gasteiger partial charge in [0.2, 0.25) is 0 Å².